The zero-order chi connectivity index (χ0) is 42.6. The average molecular weight is 798 g/mol. The summed E-state index contributed by atoms with van der Waals surface area (Å²) in [7, 11) is 0. The number of amides is 2. The van der Waals surface area contributed by atoms with Gasteiger partial charge in [0.05, 0.1) is 35.8 Å². The Morgan fingerprint density at radius 2 is 1.58 bits per heavy atom. The van der Waals surface area contributed by atoms with Gasteiger partial charge in [-0.15, -0.1) is 0 Å². The largest absolute Gasteiger partial charge is 0.456 e. The summed E-state index contributed by atoms with van der Waals surface area (Å²) in [4.78, 5) is 83.6. The minimum absolute atomic E-state index is 0.0402. The highest BCUT2D eigenvalue weighted by Crippen LogP contribution is 2.66. The van der Waals surface area contributed by atoms with Gasteiger partial charge in [0.15, 0.2) is 23.6 Å². The van der Waals surface area contributed by atoms with E-state index in [-0.39, 0.29) is 29.7 Å². The normalized spacial score (nSPS) is 36.7. The Balaban J connectivity index is 1.53. The van der Waals surface area contributed by atoms with Crippen LogP contribution in [-0.2, 0) is 42.9 Å². The Hall–Kier alpha value is -4.18. The third-order valence-corrected chi connectivity index (χ3v) is 13.5. The Morgan fingerprint density at radius 3 is 2.09 bits per heavy atom. The molecule has 3 N–H and O–H groups in total. The number of hydrogen-bond donors (Lipinski definition) is 3. The quantitative estimate of drug-likeness (QED) is 0.205. The fourth-order valence-corrected chi connectivity index (χ4v) is 10.3. The Labute approximate surface area is 332 Å². The molecule has 2 aliphatic heterocycles. The first-order valence-electron chi connectivity index (χ1n) is 19.3. The van der Waals surface area contributed by atoms with Gasteiger partial charge in [-0.3, -0.25) is 14.4 Å². The fraction of sp³-hybridized carbons (Fsp3) is 0.667. The van der Waals surface area contributed by atoms with E-state index in [2.05, 4.69) is 0 Å². The van der Waals surface area contributed by atoms with E-state index in [1.165, 1.54) is 39.8 Å². The number of ether oxygens (including phenoxy) is 5. The summed E-state index contributed by atoms with van der Waals surface area (Å²) in [6.07, 6.45) is -10.3. The van der Waals surface area contributed by atoms with Gasteiger partial charge in [-0.25, -0.2) is 19.3 Å². The van der Waals surface area contributed by atoms with Gasteiger partial charge in [0.2, 0.25) is 0 Å². The van der Waals surface area contributed by atoms with E-state index in [4.69, 9.17) is 23.7 Å². The van der Waals surface area contributed by atoms with E-state index >= 15 is 4.79 Å². The highest BCUT2D eigenvalue weighted by molar-refractivity contribution is 6.03. The van der Waals surface area contributed by atoms with Crippen LogP contribution in [0.15, 0.2) is 41.5 Å². The van der Waals surface area contributed by atoms with Gasteiger partial charge in [-0.2, -0.15) is 0 Å². The van der Waals surface area contributed by atoms with Crippen LogP contribution >= 0.6 is 0 Å². The molecule has 0 aromatic heterocycles. The summed E-state index contributed by atoms with van der Waals surface area (Å²) in [5.41, 5.74) is -8.77. The molecule has 3 aliphatic carbocycles. The molecule has 0 radical (unpaired) electrons. The molecule has 4 fully saturated rings. The van der Waals surface area contributed by atoms with Crippen molar-refractivity contribution >= 4 is 35.7 Å². The van der Waals surface area contributed by atoms with Crippen molar-refractivity contribution in [2.75, 3.05) is 6.61 Å². The van der Waals surface area contributed by atoms with Crippen LogP contribution in [0.5, 0.6) is 0 Å². The van der Waals surface area contributed by atoms with Crippen molar-refractivity contribution in [2.45, 2.75) is 143 Å². The van der Waals surface area contributed by atoms with Crippen LogP contribution in [0.25, 0.3) is 0 Å². The van der Waals surface area contributed by atoms with Crippen LogP contribution < -0.4 is 0 Å². The van der Waals surface area contributed by atoms with Crippen molar-refractivity contribution in [2.24, 2.45) is 27.6 Å². The average Bonchev–Trinajstić information content (AvgIpc) is 3.30. The number of ketones is 1. The number of aliphatic hydroxyl groups excluding tert-OH is 2. The number of fused-ring (bicyclic) bond motifs is 5. The number of hydrogen-bond acceptors (Lipinski definition) is 14. The van der Waals surface area contributed by atoms with Gasteiger partial charge in [0, 0.05) is 36.5 Å². The molecule has 1 aromatic rings. The number of carbonyl (C=O) groups is 6. The molecule has 0 spiro atoms. The van der Waals surface area contributed by atoms with Gasteiger partial charge in [-0.05, 0) is 56.4 Å². The molecule has 2 amide bonds. The molecule has 6 rings (SSSR count). The maximum absolute atomic E-state index is 15.3. The van der Waals surface area contributed by atoms with E-state index in [0.717, 1.165) is 6.92 Å². The third kappa shape index (κ3) is 6.31. The fourth-order valence-electron chi connectivity index (χ4n) is 10.3. The number of benzene rings is 1. The second kappa shape index (κ2) is 13.7. The van der Waals surface area contributed by atoms with Crippen molar-refractivity contribution in [3.63, 3.8) is 0 Å². The molecule has 312 valence electrons. The van der Waals surface area contributed by atoms with Crippen molar-refractivity contribution in [1.29, 1.82) is 0 Å². The van der Waals surface area contributed by atoms with Gasteiger partial charge in [0.25, 0.3) is 5.91 Å². The molecule has 2 saturated carbocycles. The maximum Gasteiger partial charge on any atom is 0.418 e. The lowest BCUT2D eigenvalue weighted by Gasteiger charge is -2.68. The monoisotopic (exact) mass is 797 g/mol. The highest BCUT2D eigenvalue weighted by atomic mass is 16.6. The zero-order valence-corrected chi connectivity index (χ0v) is 34.4. The molecule has 2 unspecified atom stereocenters. The van der Waals surface area contributed by atoms with Gasteiger partial charge in [-0.1, -0.05) is 59.7 Å². The number of esters is 3. The molecule has 15 heteroatoms. The van der Waals surface area contributed by atoms with E-state index in [0.29, 0.717) is 4.90 Å². The zero-order valence-electron chi connectivity index (χ0n) is 34.4. The summed E-state index contributed by atoms with van der Waals surface area (Å²) in [6.45, 7) is 17.0. The number of imide groups is 1. The lowest BCUT2D eigenvalue weighted by Crippen LogP contribution is -2.78. The standard InChI is InChI=1S/C42H55NO14/c1-20-23(55-34(49)27(46)30(37(3,4)5)43-35(50)39(8,9)57-36(43)51)18-42(52)32(56-33(48)22-15-13-12-14-16-22)29-40(10)19-53-25(40)17-24(45)41(29,11)31(47)28(54-21(2)44)26(20)38(42,6)7/h12-16,23-25,27-30,32,45-46,52H,17-19H2,1-11H3/t23-,24?,25-,27-,28-,29?,30-,32+,40-,41-,42-/m1/s1. The summed E-state index contributed by atoms with van der Waals surface area (Å²) < 4.78 is 29.5. The Kier molecular flexibility index (Phi) is 10.2. The number of aliphatic hydroxyl groups is 3. The van der Waals surface area contributed by atoms with Crippen LogP contribution in [0.1, 0.15) is 99.4 Å². The van der Waals surface area contributed by atoms with Crippen LogP contribution in [0.2, 0.25) is 0 Å². The van der Waals surface area contributed by atoms with Crippen molar-refractivity contribution in [1.82, 2.24) is 4.90 Å². The SMILES string of the molecule is CC(=O)O[C@H]1C(=O)[C@]2(C)C(O)C[C@H]3OC[C@@]3(C)C2[C@H](OC(=O)c2ccccc2)[C@]2(O)C[C@@H](OC(=O)[C@H](O)[C@@H](N3C(=O)OC(C)(C)C3=O)C(C)(C)C)C(C)=C1C2(C)C. The topological polar surface area (TPSA) is 212 Å². The molecule has 15 nitrogen and oxygen atoms in total. The van der Waals surface area contributed by atoms with Gasteiger partial charge < -0.3 is 39.0 Å². The first-order chi connectivity index (χ1) is 26.2. The number of nitrogens with zero attached hydrogens (tertiary/aromatic N) is 1. The van der Waals surface area contributed by atoms with Crippen LogP contribution in [-0.4, -0.2) is 116 Å². The van der Waals surface area contributed by atoms with Gasteiger partial charge in [0.1, 0.15) is 17.8 Å². The van der Waals surface area contributed by atoms with Crippen molar-refractivity contribution in [3.05, 3.63) is 47.0 Å². The molecule has 57 heavy (non-hydrogen) atoms. The van der Waals surface area contributed by atoms with Crippen molar-refractivity contribution < 1.29 is 67.8 Å². The molecule has 1 aromatic carbocycles. The van der Waals surface area contributed by atoms with E-state index < -0.39 is 124 Å². The molecule has 5 aliphatic rings. The van der Waals surface area contributed by atoms with Crippen LogP contribution in [0, 0.1) is 27.6 Å². The Morgan fingerprint density at radius 1 is 0.965 bits per heavy atom. The molecule has 11 atom stereocenters. The number of rotatable bonds is 7. The number of carbonyl (C=O) groups excluding carboxylic acids is 6. The summed E-state index contributed by atoms with van der Waals surface area (Å²) in [5, 5.41) is 37.2. The second-order valence-corrected chi connectivity index (χ2v) is 18.9. The highest BCUT2D eigenvalue weighted by Gasteiger charge is 2.75. The van der Waals surface area contributed by atoms with E-state index in [9.17, 15) is 39.3 Å². The molecule has 2 bridgehead atoms. The minimum atomic E-state index is -2.23. The van der Waals surface area contributed by atoms with Gasteiger partial charge >= 0.3 is 24.0 Å². The smallest absolute Gasteiger partial charge is 0.418 e. The number of Topliss-reactive ketones (excluding diaryl/α,β-unsaturated/α-hetero) is 1. The minimum Gasteiger partial charge on any atom is -0.456 e. The Bertz CT molecular complexity index is 1920. The van der Waals surface area contributed by atoms with Crippen LogP contribution in [0.4, 0.5) is 4.79 Å². The van der Waals surface area contributed by atoms with E-state index in [1.807, 2.05) is 6.92 Å². The lowest BCUT2D eigenvalue weighted by atomic mass is 9.42. The molecular weight excluding hydrogens is 742 g/mol. The predicted molar refractivity (Wildman–Crippen MR) is 199 cm³/mol. The summed E-state index contributed by atoms with van der Waals surface area (Å²) >= 11 is 0. The number of cyclic esters (lactones) is 1. The molecule has 2 saturated heterocycles. The van der Waals surface area contributed by atoms with E-state index in [1.54, 1.807) is 52.8 Å². The molecular formula is C42H55NO14. The lowest BCUT2D eigenvalue weighted by molar-refractivity contribution is -0.313. The predicted octanol–water partition coefficient (Wildman–Crippen LogP) is 3.44. The summed E-state index contributed by atoms with van der Waals surface area (Å²) in [5.74, 6) is -5.56. The third-order valence-electron chi connectivity index (χ3n) is 13.5. The second-order valence-electron chi connectivity index (χ2n) is 18.9. The summed E-state index contributed by atoms with van der Waals surface area (Å²) in [6, 6.07) is 6.58. The maximum atomic E-state index is 15.3. The first-order valence-corrected chi connectivity index (χ1v) is 19.3. The van der Waals surface area contributed by atoms with Crippen molar-refractivity contribution in [3.8, 4) is 0 Å². The van der Waals surface area contributed by atoms with Crippen LogP contribution in [0.3, 0.4) is 0 Å². The first kappa shape index (κ1) is 42.4. The molecule has 2 heterocycles.